The largest absolute Gasteiger partial charge is 0.507 e. The van der Waals surface area contributed by atoms with Gasteiger partial charge in [0, 0.05) is 25.4 Å². The number of nitrogens with zero attached hydrogens (tertiary/aromatic N) is 3. The Balaban J connectivity index is 0.000000311. The third-order valence-corrected chi connectivity index (χ3v) is 6.52. The summed E-state index contributed by atoms with van der Waals surface area (Å²) in [5.74, 6) is 3.14. The predicted octanol–water partition coefficient (Wildman–Crippen LogP) is 7.48. The van der Waals surface area contributed by atoms with Gasteiger partial charge in [-0.2, -0.15) is 0 Å². The van der Waals surface area contributed by atoms with Crippen LogP contribution in [0, 0.1) is 0 Å². The maximum absolute atomic E-state index is 10.3. The van der Waals surface area contributed by atoms with E-state index in [9.17, 15) is 9.90 Å². The topological polar surface area (TPSA) is 120 Å². The van der Waals surface area contributed by atoms with Gasteiger partial charge in [0.15, 0.2) is 17.3 Å². The molecular formula is C33H46N4O5. The Bertz CT molecular complexity index is 1370. The van der Waals surface area contributed by atoms with E-state index in [1.807, 2.05) is 52.0 Å². The zero-order valence-electron chi connectivity index (χ0n) is 26.1. The Labute approximate surface area is 250 Å². The van der Waals surface area contributed by atoms with Gasteiger partial charge in [0.2, 0.25) is 6.79 Å². The van der Waals surface area contributed by atoms with Crippen LogP contribution in [0.4, 0.5) is 10.6 Å². The minimum atomic E-state index is -0.761. The van der Waals surface area contributed by atoms with Crippen molar-refractivity contribution >= 4 is 22.8 Å². The molecular weight excluding hydrogens is 532 g/mol. The molecule has 9 heteroatoms. The van der Waals surface area contributed by atoms with Crippen molar-refractivity contribution in [1.82, 2.24) is 9.97 Å². The van der Waals surface area contributed by atoms with Crippen LogP contribution in [0.5, 0.6) is 5.75 Å². The number of hydrogen-bond acceptors (Lipinski definition) is 8. The van der Waals surface area contributed by atoms with Crippen LogP contribution in [0.3, 0.4) is 0 Å². The second-order valence-electron chi connectivity index (χ2n) is 9.45. The fourth-order valence-corrected chi connectivity index (χ4v) is 4.21. The van der Waals surface area contributed by atoms with Crippen LogP contribution in [0.2, 0.25) is 0 Å². The average Bonchev–Trinajstić information content (AvgIpc) is 3.49. The Morgan fingerprint density at radius 3 is 2.52 bits per heavy atom. The number of phenols is 1. The number of carbonyl (C=O) groups is 1. The number of primary amides is 1. The lowest BCUT2D eigenvalue weighted by molar-refractivity contribution is 0.0963. The zero-order chi connectivity index (χ0) is 31.1. The fraction of sp³-hybridized carbons (Fsp3) is 0.424. The molecule has 3 N–H and O–H groups in total. The molecule has 0 atom stereocenters. The number of rotatable bonds is 9. The molecule has 1 aliphatic heterocycles. The molecule has 1 saturated heterocycles. The quantitative estimate of drug-likeness (QED) is 0.268. The number of aromatic nitrogens is 2. The number of anilines is 1. The first-order chi connectivity index (χ1) is 20.3. The van der Waals surface area contributed by atoms with E-state index < -0.39 is 6.09 Å². The van der Waals surface area contributed by atoms with E-state index >= 15 is 0 Å². The van der Waals surface area contributed by atoms with Crippen LogP contribution in [-0.2, 0) is 20.6 Å². The highest BCUT2D eigenvalue weighted by molar-refractivity contribution is 5.91. The zero-order valence-corrected chi connectivity index (χ0v) is 26.1. The summed E-state index contributed by atoms with van der Waals surface area (Å²) in [6, 6.07) is 13.6. The van der Waals surface area contributed by atoms with Gasteiger partial charge in [-0.25, -0.2) is 14.8 Å². The fourth-order valence-electron chi connectivity index (χ4n) is 4.21. The molecule has 0 bridgehead atoms. The molecule has 0 saturated carbocycles. The van der Waals surface area contributed by atoms with E-state index in [1.165, 1.54) is 5.56 Å². The number of ether oxygens (including phenoxy) is 3. The van der Waals surface area contributed by atoms with Crippen LogP contribution < -0.4 is 10.6 Å². The molecule has 1 aromatic heterocycles. The minimum absolute atomic E-state index is 0.204. The van der Waals surface area contributed by atoms with Gasteiger partial charge in [-0.05, 0) is 68.2 Å². The molecule has 1 aliphatic rings. The first-order valence-corrected chi connectivity index (χ1v) is 14.6. The maximum atomic E-state index is 10.3. The molecule has 1 fully saturated rings. The molecule has 2 aromatic carbocycles. The van der Waals surface area contributed by atoms with E-state index in [-0.39, 0.29) is 19.1 Å². The molecule has 0 radical (unpaired) electrons. The number of nitrogens with two attached hydrogens (primary N) is 1. The number of unbranched alkanes of at least 4 members (excludes halogenated alkanes) is 1. The van der Waals surface area contributed by atoms with Gasteiger partial charge in [0.05, 0.1) is 17.7 Å². The SMILES string of the molecule is C/C=C1/OCO/C1=C(/C)CCOC(N)=O.CC.CCCCN(C)c1nc(-c2ccccc2O)nc2cc(CC)ccc12. The van der Waals surface area contributed by atoms with Crippen molar-refractivity contribution in [3.63, 3.8) is 0 Å². The maximum Gasteiger partial charge on any atom is 0.404 e. The summed E-state index contributed by atoms with van der Waals surface area (Å²) in [7, 11) is 2.07. The summed E-state index contributed by atoms with van der Waals surface area (Å²) in [6.45, 7) is 13.5. The molecule has 9 nitrogen and oxygen atoms in total. The summed E-state index contributed by atoms with van der Waals surface area (Å²) in [4.78, 5) is 22.1. The highest BCUT2D eigenvalue weighted by Gasteiger charge is 2.18. The van der Waals surface area contributed by atoms with Crippen molar-refractivity contribution in [3.8, 4) is 17.1 Å². The lowest BCUT2D eigenvalue weighted by Crippen LogP contribution is -2.20. The number of hydrogen-bond donors (Lipinski definition) is 2. The number of aryl methyl sites for hydroxylation is 1. The number of allylic oxidation sites excluding steroid dienone is 1. The van der Waals surface area contributed by atoms with E-state index in [2.05, 4.69) is 48.7 Å². The Kier molecular flexibility index (Phi) is 14.2. The van der Waals surface area contributed by atoms with Crippen LogP contribution in [0.25, 0.3) is 22.3 Å². The third-order valence-electron chi connectivity index (χ3n) is 6.52. The second kappa shape index (κ2) is 17.5. The number of aromatic hydroxyl groups is 1. The molecule has 2 heterocycles. The van der Waals surface area contributed by atoms with Gasteiger partial charge < -0.3 is 30.0 Å². The van der Waals surface area contributed by atoms with E-state index in [0.717, 1.165) is 59.6 Å². The molecule has 0 aliphatic carbocycles. The van der Waals surface area contributed by atoms with Crippen LogP contribution in [0.1, 0.15) is 66.4 Å². The Morgan fingerprint density at radius 1 is 1.14 bits per heavy atom. The highest BCUT2D eigenvalue weighted by Crippen LogP contribution is 2.32. The first kappa shape index (κ1) is 33.9. The normalized spacial score (nSPS) is 14.1. The minimum Gasteiger partial charge on any atom is -0.507 e. The van der Waals surface area contributed by atoms with Gasteiger partial charge in [-0.1, -0.05) is 52.3 Å². The molecule has 3 aromatic rings. The van der Waals surface area contributed by atoms with Gasteiger partial charge >= 0.3 is 6.09 Å². The van der Waals surface area contributed by atoms with Crippen LogP contribution in [-0.4, -0.2) is 48.2 Å². The Morgan fingerprint density at radius 2 is 1.88 bits per heavy atom. The summed E-state index contributed by atoms with van der Waals surface area (Å²) >= 11 is 0. The smallest absolute Gasteiger partial charge is 0.404 e. The molecule has 1 amide bonds. The number of amides is 1. The molecule has 42 heavy (non-hydrogen) atoms. The first-order valence-electron chi connectivity index (χ1n) is 14.6. The molecule has 0 unspecified atom stereocenters. The van der Waals surface area contributed by atoms with Crippen molar-refractivity contribution in [2.75, 3.05) is 31.9 Å². The number of fused-ring (bicyclic) bond motifs is 1. The number of para-hydroxylation sites is 1. The summed E-state index contributed by atoms with van der Waals surface area (Å²) in [5, 5.41) is 11.3. The highest BCUT2D eigenvalue weighted by atomic mass is 16.7. The average molecular weight is 579 g/mol. The van der Waals surface area contributed by atoms with Crippen molar-refractivity contribution in [2.24, 2.45) is 5.73 Å². The molecule has 228 valence electrons. The second-order valence-corrected chi connectivity index (χ2v) is 9.45. The van der Waals surface area contributed by atoms with Gasteiger partial charge in [0.1, 0.15) is 11.6 Å². The van der Waals surface area contributed by atoms with E-state index in [0.29, 0.717) is 17.8 Å². The van der Waals surface area contributed by atoms with Crippen molar-refractivity contribution in [1.29, 1.82) is 0 Å². The lowest BCUT2D eigenvalue weighted by Gasteiger charge is -2.21. The van der Waals surface area contributed by atoms with Crippen molar-refractivity contribution in [3.05, 3.63) is 71.2 Å². The predicted molar refractivity (Wildman–Crippen MR) is 169 cm³/mol. The van der Waals surface area contributed by atoms with Gasteiger partial charge in [0.25, 0.3) is 0 Å². The third kappa shape index (κ3) is 9.39. The standard InChI is InChI=1S/C21H25N3O.C10H15NO4.C2H6/c1-4-6-13-24(3)21-16-12-11-15(5-2)14-18(16)22-20(23-21)17-9-7-8-10-19(17)25;1-3-8-9(15-6-14-8)7(2)4-5-13-10(11)12;1-2/h7-12,14,25H,4-6,13H2,1-3H3;3H,4-6H2,1-2H3,(H2,11,12);1-2H3/b;8-3+,9-7-;. The van der Waals surface area contributed by atoms with Crippen LogP contribution >= 0.6 is 0 Å². The van der Waals surface area contributed by atoms with Crippen LogP contribution in [0.15, 0.2) is 65.6 Å². The van der Waals surface area contributed by atoms with Gasteiger partial charge in [-0.15, -0.1) is 0 Å². The molecule has 4 rings (SSSR count). The summed E-state index contributed by atoms with van der Waals surface area (Å²) < 4.78 is 15.1. The number of benzene rings is 2. The van der Waals surface area contributed by atoms with E-state index in [4.69, 9.17) is 25.2 Å². The van der Waals surface area contributed by atoms with Crippen molar-refractivity contribution < 1.29 is 24.1 Å². The number of phenolic OH excluding ortho intramolecular Hbond substituents is 1. The monoisotopic (exact) mass is 578 g/mol. The Hall–Kier alpha value is -4.27. The van der Waals surface area contributed by atoms with Gasteiger partial charge in [-0.3, -0.25) is 0 Å². The lowest BCUT2D eigenvalue weighted by atomic mass is 10.1. The summed E-state index contributed by atoms with van der Waals surface area (Å²) in [5.41, 5.74) is 8.65. The molecule has 0 spiro atoms. The number of carbonyl (C=O) groups excluding carboxylic acids is 1. The van der Waals surface area contributed by atoms with Crippen molar-refractivity contribution in [2.45, 2.75) is 67.2 Å². The van der Waals surface area contributed by atoms with E-state index in [1.54, 1.807) is 6.07 Å². The summed E-state index contributed by atoms with van der Waals surface area (Å²) in [6.07, 6.45) is 4.87.